The van der Waals surface area contributed by atoms with E-state index in [0.717, 1.165) is 37.1 Å². The number of rotatable bonds is 11. The molecule has 2 aromatic carbocycles. The van der Waals surface area contributed by atoms with Crippen LogP contribution in [0.25, 0.3) is 12.2 Å². The molecule has 10 heteroatoms. The normalized spacial score (nSPS) is 11.8. The van der Waals surface area contributed by atoms with Crippen LogP contribution in [0, 0.1) is 6.92 Å². The number of unbranched alkanes of at least 4 members (excludes halogenated alkanes) is 1. The highest BCUT2D eigenvalue weighted by atomic mass is 19.4. The van der Waals surface area contributed by atoms with Gasteiger partial charge < -0.3 is 13.9 Å². The molecular formula is C27H27F3N4O3. The predicted molar refractivity (Wildman–Crippen MR) is 132 cm³/mol. The summed E-state index contributed by atoms with van der Waals surface area (Å²) in [5, 5.41) is 8.08. The number of aromatic nitrogens is 4. The summed E-state index contributed by atoms with van der Waals surface area (Å²) in [4.78, 5) is 4.36. The second kappa shape index (κ2) is 11.8. The van der Waals surface area contributed by atoms with Gasteiger partial charge in [-0.3, -0.25) is 4.68 Å². The molecule has 0 spiro atoms. The van der Waals surface area contributed by atoms with Crippen LogP contribution in [0.2, 0.25) is 0 Å². The fourth-order valence-corrected chi connectivity index (χ4v) is 3.74. The van der Waals surface area contributed by atoms with Crippen LogP contribution in [0.5, 0.6) is 11.5 Å². The third-order valence-electron chi connectivity index (χ3n) is 5.58. The molecule has 0 bridgehead atoms. The second-order valence-electron chi connectivity index (χ2n) is 8.59. The highest BCUT2D eigenvalue weighted by Crippen LogP contribution is 2.24. The number of oxazole rings is 1. The molecule has 0 saturated heterocycles. The van der Waals surface area contributed by atoms with Crippen molar-refractivity contribution >= 4 is 12.2 Å². The minimum Gasteiger partial charge on any atom is -0.487 e. The lowest BCUT2D eigenvalue weighted by molar-refractivity contribution is -0.274. The summed E-state index contributed by atoms with van der Waals surface area (Å²) in [6, 6.07) is 11.6. The zero-order valence-electron chi connectivity index (χ0n) is 20.5. The molecule has 0 saturated carbocycles. The van der Waals surface area contributed by atoms with Gasteiger partial charge in [-0.25, -0.2) is 4.98 Å². The Bertz CT molecular complexity index is 1330. The van der Waals surface area contributed by atoms with Crippen LogP contribution in [0.3, 0.4) is 0 Å². The Balaban J connectivity index is 1.23. The minimum absolute atomic E-state index is 0.248. The van der Waals surface area contributed by atoms with E-state index >= 15 is 0 Å². The number of hydrogen-bond acceptors (Lipinski definition) is 6. The first kappa shape index (κ1) is 26.0. The molecule has 0 unspecified atom stereocenters. The van der Waals surface area contributed by atoms with Crippen molar-refractivity contribution < 1.29 is 27.1 Å². The summed E-state index contributed by atoms with van der Waals surface area (Å²) in [6.45, 7) is 2.32. The molecule has 194 valence electrons. The van der Waals surface area contributed by atoms with Gasteiger partial charge in [0.25, 0.3) is 0 Å². The van der Waals surface area contributed by atoms with Gasteiger partial charge in [0.05, 0.1) is 5.69 Å². The van der Waals surface area contributed by atoms with Gasteiger partial charge in [0.2, 0.25) is 5.89 Å². The average molecular weight is 513 g/mol. The average Bonchev–Trinajstić information content (AvgIpc) is 3.48. The van der Waals surface area contributed by atoms with Gasteiger partial charge in [0.1, 0.15) is 30.1 Å². The van der Waals surface area contributed by atoms with Crippen LogP contribution in [-0.4, -0.2) is 26.3 Å². The van der Waals surface area contributed by atoms with Crippen molar-refractivity contribution in [3.05, 3.63) is 88.9 Å². The molecule has 0 amide bonds. The Labute approximate surface area is 212 Å². The molecule has 0 aliphatic heterocycles. The zero-order valence-corrected chi connectivity index (χ0v) is 20.5. The fourth-order valence-electron chi connectivity index (χ4n) is 3.74. The number of alkyl halides is 3. The topological polar surface area (TPSA) is 75.2 Å². The molecule has 0 aliphatic rings. The largest absolute Gasteiger partial charge is 0.573 e. The second-order valence-corrected chi connectivity index (χ2v) is 8.59. The summed E-state index contributed by atoms with van der Waals surface area (Å²) in [5.41, 5.74) is 4.78. The number of aryl methyl sites for hydroxylation is 4. The summed E-state index contributed by atoms with van der Waals surface area (Å²) >= 11 is 0. The molecule has 0 N–H and O–H groups in total. The highest BCUT2D eigenvalue weighted by molar-refractivity contribution is 5.66. The molecule has 0 radical (unpaired) electrons. The Hall–Kier alpha value is -4.08. The Morgan fingerprint density at radius 2 is 1.73 bits per heavy atom. The molecular weight excluding hydrogens is 485 g/mol. The van der Waals surface area contributed by atoms with Crippen LogP contribution in [0.15, 0.2) is 59.3 Å². The van der Waals surface area contributed by atoms with Gasteiger partial charge in [-0.2, -0.15) is 0 Å². The van der Waals surface area contributed by atoms with Crippen molar-refractivity contribution in [2.45, 2.75) is 45.6 Å². The van der Waals surface area contributed by atoms with E-state index in [1.165, 1.54) is 41.7 Å². The van der Waals surface area contributed by atoms with Crippen LogP contribution in [-0.2, 0) is 26.5 Å². The van der Waals surface area contributed by atoms with E-state index in [1.54, 1.807) is 16.8 Å². The molecule has 4 aromatic rings. The van der Waals surface area contributed by atoms with Gasteiger partial charge in [0.15, 0.2) is 0 Å². The predicted octanol–water partition coefficient (Wildman–Crippen LogP) is 6.32. The Kier molecular flexibility index (Phi) is 8.27. The maximum Gasteiger partial charge on any atom is 0.573 e. The molecule has 0 fully saturated rings. The molecule has 2 aromatic heterocycles. The number of benzene rings is 2. The number of hydrogen-bond donors (Lipinski definition) is 0. The fraction of sp³-hybridized carbons (Fsp3) is 0.296. The van der Waals surface area contributed by atoms with Crippen molar-refractivity contribution in [2.24, 2.45) is 7.05 Å². The van der Waals surface area contributed by atoms with Gasteiger partial charge >= 0.3 is 6.36 Å². The minimum atomic E-state index is -4.71. The third kappa shape index (κ3) is 8.23. The highest BCUT2D eigenvalue weighted by Gasteiger charge is 2.30. The number of nitrogens with zero attached hydrogens (tertiary/aromatic N) is 4. The summed E-state index contributed by atoms with van der Waals surface area (Å²) in [5.74, 6) is 0.839. The van der Waals surface area contributed by atoms with Crippen molar-refractivity contribution in [1.82, 2.24) is 20.0 Å². The molecule has 0 atom stereocenters. The third-order valence-corrected chi connectivity index (χ3v) is 5.58. The van der Waals surface area contributed by atoms with Gasteiger partial charge in [-0.1, -0.05) is 23.4 Å². The van der Waals surface area contributed by atoms with E-state index in [-0.39, 0.29) is 12.4 Å². The van der Waals surface area contributed by atoms with Crippen LogP contribution < -0.4 is 9.47 Å². The van der Waals surface area contributed by atoms with Crippen LogP contribution >= 0.6 is 0 Å². The van der Waals surface area contributed by atoms with E-state index in [4.69, 9.17) is 9.15 Å². The van der Waals surface area contributed by atoms with E-state index < -0.39 is 6.36 Å². The van der Waals surface area contributed by atoms with Gasteiger partial charge in [0, 0.05) is 19.3 Å². The van der Waals surface area contributed by atoms with Gasteiger partial charge in [-0.05, 0) is 79.6 Å². The monoisotopic (exact) mass is 512 g/mol. The molecule has 4 rings (SSSR count). The van der Waals surface area contributed by atoms with Gasteiger partial charge in [-0.15, -0.1) is 18.3 Å². The Morgan fingerprint density at radius 3 is 2.43 bits per heavy atom. The lowest BCUT2D eigenvalue weighted by Gasteiger charge is -2.09. The summed E-state index contributed by atoms with van der Waals surface area (Å²) < 4.78 is 53.7. The van der Waals surface area contributed by atoms with E-state index in [1.807, 2.05) is 25.4 Å². The Morgan fingerprint density at radius 1 is 0.973 bits per heavy atom. The first-order valence-electron chi connectivity index (χ1n) is 11.8. The maximum absolute atomic E-state index is 12.3. The van der Waals surface area contributed by atoms with Crippen molar-refractivity contribution in [3.8, 4) is 11.5 Å². The summed E-state index contributed by atoms with van der Waals surface area (Å²) in [7, 11) is 1.87. The van der Waals surface area contributed by atoms with Crippen molar-refractivity contribution in [1.29, 1.82) is 0 Å². The SMILES string of the molecule is Cc1cc(OCc2coc(/C=C/c3ccc(OC(F)(F)F)cc3)n2)ccc1CCCCc1cn(C)nn1. The quantitative estimate of drug-likeness (QED) is 0.219. The van der Waals surface area contributed by atoms with E-state index in [2.05, 4.69) is 33.0 Å². The van der Waals surface area contributed by atoms with Crippen molar-refractivity contribution in [3.63, 3.8) is 0 Å². The molecule has 7 nitrogen and oxygen atoms in total. The van der Waals surface area contributed by atoms with Crippen LogP contribution in [0.4, 0.5) is 13.2 Å². The van der Waals surface area contributed by atoms with Crippen LogP contribution in [0.1, 0.15) is 46.8 Å². The van der Waals surface area contributed by atoms with Crippen molar-refractivity contribution in [2.75, 3.05) is 0 Å². The molecule has 37 heavy (non-hydrogen) atoms. The lowest BCUT2D eigenvalue weighted by Crippen LogP contribution is -2.16. The summed E-state index contributed by atoms with van der Waals surface area (Å²) in [6.07, 6.45) is 6.09. The first-order valence-corrected chi connectivity index (χ1v) is 11.8. The maximum atomic E-state index is 12.3. The number of ether oxygens (including phenoxy) is 2. The van der Waals surface area contributed by atoms with E-state index in [9.17, 15) is 13.2 Å². The van der Waals surface area contributed by atoms with E-state index in [0.29, 0.717) is 17.1 Å². The number of halogens is 3. The lowest BCUT2D eigenvalue weighted by atomic mass is 10.0. The smallest absolute Gasteiger partial charge is 0.487 e. The zero-order chi connectivity index (χ0) is 26.3. The molecule has 0 aliphatic carbocycles. The first-order chi connectivity index (χ1) is 17.7. The standard InChI is InChI=1S/C27H27F3N4O3/c1-19-15-25(13-10-21(19)5-3-4-6-22-16-34(2)33-32-22)35-17-23-18-36-26(31-23)14-9-20-7-11-24(12-8-20)37-27(28,29)30/h7-16,18H,3-6,17H2,1-2H3/b14-9+. The molecule has 2 heterocycles.